The summed E-state index contributed by atoms with van der Waals surface area (Å²) in [6.07, 6.45) is 4.09. The highest BCUT2D eigenvalue weighted by Crippen LogP contribution is 2.47. The molecule has 3 heterocycles. The summed E-state index contributed by atoms with van der Waals surface area (Å²) in [7, 11) is 3.67. The zero-order chi connectivity index (χ0) is 12.9. The molecule has 2 bridgehead atoms. The van der Waals surface area contributed by atoms with Gasteiger partial charge >= 0.3 is 0 Å². The number of rotatable bonds is 4. The fourth-order valence-corrected chi connectivity index (χ4v) is 3.67. The molecule has 5 atom stereocenters. The van der Waals surface area contributed by atoms with Crippen molar-refractivity contribution < 1.29 is 4.74 Å². The molecule has 3 aliphatic heterocycles. The maximum absolute atomic E-state index is 7.61. The Morgan fingerprint density at radius 2 is 2.28 bits per heavy atom. The Bertz CT molecular complexity index is 348. The number of nitrogens with one attached hydrogen (secondary N) is 3. The van der Waals surface area contributed by atoms with Gasteiger partial charge in [0.25, 0.3) is 0 Å². The normalized spacial score (nSPS) is 39.3. The fourth-order valence-electron chi connectivity index (χ4n) is 3.58. The second kappa shape index (κ2) is 4.61. The number of ether oxygens (including phenoxy) is 1. The lowest BCUT2D eigenvalue weighted by molar-refractivity contribution is -0.194. The second-order valence-electron chi connectivity index (χ2n) is 5.29. The van der Waals surface area contributed by atoms with Crippen LogP contribution in [0.3, 0.4) is 0 Å². The fraction of sp³-hybridized carbons (Fsp3) is 0.909. The highest BCUT2D eigenvalue weighted by Gasteiger charge is 2.59. The molecule has 102 valence electrons. The molecule has 6 nitrogen and oxygen atoms in total. The molecule has 0 amide bonds. The quantitative estimate of drug-likeness (QED) is 0.223. The van der Waals surface area contributed by atoms with Crippen molar-refractivity contribution in [2.24, 2.45) is 0 Å². The van der Waals surface area contributed by atoms with Crippen LogP contribution in [-0.4, -0.2) is 59.8 Å². The molecule has 0 saturated carbocycles. The minimum Gasteiger partial charge on any atom is -0.371 e. The highest BCUT2D eigenvalue weighted by atomic mass is 35.5. The summed E-state index contributed by atoms with van der Waals surface area (Å²) in [6.45, 7) is 0. The van der Waals surface area contributed by atoms with Gasteiger partial charge in [-0.2, -0.15) is 0 Å². The molecule has 3 aliphatic rings. The van der Waals surface area contributed by atoms with Gasteiger partial charge in [0.1, 0.15) is 0 Å². The first-order chi connectivity index (χ1) is 8.63. The van der Waals surface area contributed by atoms with E-state index in [2.05, 4.69) is 15.8 Å². The van der Waals surface area contributed by atoms with E-state index in [1.54, 1.807) is 4.90 Å². The third kappa shape index (κ3) is 1.75. The van der Waals surface area contributed by atoms with E-state index in [0.717, 1.165) is 12.8 Å². The van der Waals surface area contributed by atoms with Crippen molar-refractivity contribution in [1.29, 1.82) is 5.41 Å². The predicted octanol–water partition coefficient (Wildman–Crippen LogP) is 0.103. The van der Waals surface area contributed by atoms with E-state index < -0.39 is 0 Å². The van der Waals surface area contributed by atoms with Gasteiger partial charge in [0.05, 0.1) is 18.2 Å². The van der Waals surface area contributed by atoms with Gasteiger partial charge in [-0.25, -0.2) is 5.43 Å². The lowest BCUT2D eigenvalue weighted by atomic mass is 9.95. The van der Waals surface area contributed by atoms with Gasteiger partial charge in [-0.05, 0) is 37.9 Å². The maximum atomic E-state index is 7.61. The molecular formula is C11H20ClN5O. The van der Waals surface area contributed by atoms with Crippen LogP contribution in [0.5, 0.6) is 0 Å². The number of fused-ring (bicyclic) bond motifs is 1. The summed E-state index contributed by atoms with van der Waals surface area (Å²) in [5, 5.41) is 7.65. The molecule has 7 heteroatoms. The topological polar surface area (TPSA) is 63.6 Å². The summed E-state index contributed by atoms with van der Waals surface area (Å²) < 4.78 is 5.86. The van der Waals surface area contributed by atoms with Crippen LogP contribution in [0.2, 0.25) is 0 Å². The zero-order valence-electron chi connectivity index (χ0n) is 10.7. The first-order valence-electron chi connectivity index (χ1n) is 6.45. The summed E-state index contributed by atoms with van der Waals surface area (Å²) in [5.74, 6) is 0. The summed E-state index contributed by atoms with van der Waals surface area (Å²) in [6, 6.07) is 1.01. The van der Waals surface area contributed by atoms with Crippen molar-refractivity contribution in [1.82, 2.24) is 20.7 Å². The van der Waals surface area contributed by atoms with Crippen molar-refractivity contribution in [3.8, 4) is 0 Å². The smallest absolute Gasteiger partial charge is 0.193 e. The highest BCUT2D eigenvalue weighted by molar-refractivity contribution is 6.63. The number of nitrogens with zero attached hydrogens (tertiary/aromatic N) is 2. The lowest BCUT2D eigenvalue weighted by Gasteiger charge is -2.51. The van der Waals surface area contributed by atoms with Crippen LogP contribution in [-0.2, 0) is 4.74 Å². The van der Waals surface area contributed by atoms with Crippen LogP contribution >= 0.6 is 11.6 Å². The van der Waals surface area contributed by atoms with Crippen molar-refractivity contribution in [3.05, 3.63) is 0 Å². The SMILES string of the molecule is CNNC(N(C)C(=N)Cl)N1C2CCC3OC(C2)C31. The molecule has 0 aromatic carbocycles. The Balaban J connectivity index is 1.80. The summed E-state index contributed by atoms with van der Waals surface area (Å²) in [5.41, 5.74) is 6.17. The lowest BCUT2D eigenvalue weighted by Crippen LogP contribution is -2.69. The van der Waals surface area contributed by atoms with Gasteiger partial charge < -0.3 is 9.64 Å². The molecule has 0 radical (unpaired) electrons. The summed E-state index contributed by atoms with van der Waals surface area (Å²) >= 11 is 5.82. The monoisotopic (exact) mass is 273 g/mol. The molecule has 3 fully saturated rings. The van der Waals surface area contributed by atoms with Gasteiger partial charge in [-0.1, -0.05) is 0 Å². The van der Waals surface area contributed by atoms with E-state index in [0.29, 0.717) is 24.3 Å². The third-order valence-electron chi connectivity index (χ3n) is 4.40. The van der Waals surface area contributed by atoms with Crippen LogP contribution in [0.1, 0.15) is 19.3 Å². The minimum absolute atomic E-state index is 0.0438. The van der Waals surface area contributed by atoms with E-state index in [1.165, 1.54) is 6.42 Å². The molecule has 18 heavy (non-hydrogen) atoms. The first kappa shape index (κ1) is 12.6. The predicted molar refractivity (Wildman–Crippen MR) is 69.3 cm³/mol. The van der Waals surface area contributed by atoms with Crippen molar-refractivity contribution in [2.45, 2.75) is 49.8 Å². The summed E-state index contributed by atoms with van der Waals surface area (Å²) in [4.78, 5) is 4.17. The Labute approximate surface area is 112 Å². The van der Waals surface area contributed by atoms with Crippen LogP contribution in [0.15, 0.2) is 0 Å². The molecule has 0 aromatic heterocycles. The van der Waals surface area contributed by atoms with E-state index >= 15 is 0 Å². The largest absolute Gasteiger partial charge is 0.371 e. The Kier molecular flexibility index (Phi) is 3.23. The molecule has 3 rings (SSSR count). The van der Waals surface area contributed by atoms with Crippen LogP contribution in [0.25, 0.3) is 0 Å². The minimum atomic E-state index is -0.0910. The maximum Gasteiger partial charge on any atom is 0.193 e. The Hall–Kier alpha value is -0.400. The first-order valence-corrected chi connectivity index (χ1v) is 6.83. The van der Waals surface area contributed by atoms with Crippen LogP contribution < -0.4 is 10.9 Å². The van der Waals surface area contributed by atoms with Crippen LogP contribution in [0, 0.1) is 5.41 Å². The molecule has 3 saturated heterocycles. The Morgan fingerprint density at radius 3 is 2.94 bits per heavy atom. The van der Waals surface area contributed by atoms with Crippen molar-refractivity contribution >= 4 is 16.9 Å². The molecule has 0 aromatic rings. The third-order valence-corrected chi connectivity index (χ3v) is 4.67. The zero-order valence-corrected chi connectivity index (χ0v) is 11.4. The number of halogens is 1. The van der Waals surface area contributed by atoms with E-state index in [9.17, 15) is 0 Å². The van der Waals surface area contributed by atoms with Gasteiger partial charge in [-0.3, -0.25) is 15.7 Å². The molecule has 3 N–H and O–H groups in total. The number of hydrogen-bond donors (Lipinski definition) is 3. The molecule has 0 spiro atoms. The molecular weight excluding hydrogens is 254 g/mol. The van der Waals surface area contributed by atoms with E-state index in [4.69, 9.17) is 21.7 Å². The van der Waals surface area contributed by atoms with Gasteiger partial charge in [-0.15, -0.1) is 0 Å². The number of amidine groups is 1. The molecule has 0 aliphatic carbocycles. The average Bonchev–Trinajstić information content (AvgIpc) is 2.52. The number of hydrogen-bond acceptors (Lipinski definition) is 5. The standard InChI is InChI=1S/C11H20ClN5O/c1-14-15-11(16(2)10(12)13)17-6-3-4-7-9(17)8(5-6)18-7/h6-9,11,13-15H,3-5H2,1-2H3. The van der Waals surface area contributed by atoms with Crippen molar-refractivity contribution in [2.75, 3.05) is 14.1 Å². The Morgan fingerprint density at radius 1 is 1.50 bits per heavy atom. The van der Waals surface area contributed by atoms with Gasteiger partial charge in [0, 0.05) is 13.1 Å². The molecule has 5 unspecified atom stereocenters. The number of piperidine rings is 1. The van der Waals surface area contributed by atoms with Gasteiger partial charge in [0.15, 0.2) is 11.6 Å². The number of hydrazine groups is 1. The van der Waals surface area contributed by atoms with E-state index in [1.807, 2.05) is 14.1 Å². The van der Waals surface area contributed by atoms with Gasteiger partial charge in [0.2, 0.25) is 0 Å². The van der Waals surface area contributed by atoms with Crippen LogP contribution in [0.4, 0.5) is 0 Å². The van der Waals surface area contributed by atoms with E-state index in [-0.39, 0.29) is 11.6 Å². The second-order valence-corrected chi connectivity index (χ2v) is 5.65. The van der Waals surface area contributed by atoms with Crippen molar-refractivity contribution in [3.63, 3.8) is 0 Å². The average molecular weight is 274 g/mol.